The number of para-hydroxylation sites is 2. The molecule has 2 fully saturated rings. The SMILES string of the molecule is COc1ccccc1N1CC(C2CCNCC2)OCC1=O. The summed E-state index contributed by atoms with van der Waals surface area (Å²) in [7, 11) is 1.63. The molecule has 1 aromatic rings. The molecular formula is C16H22N2O3. The third-order valence-electron chi connectivity index (χ3n) is 4.37. The summed E-state index contributed by atoms with van der Waals surface area (Å²) in [6, 6.07) is 7.66. The van der Waals surface area contributed by atoms with Gasteiger partial charge in [-0.05, 0) is 44.0 Å². The number of ether oxygens (including phenoxy) is 2. The molecule has 2 aliphatic rings. The van der Waals surface area contributed by atoms with Crippen molar-refractivity contribution in [1.29, 1.82) is 0 Å². The van der Waals surface area contributed by atoms with Crippen molar-refractivity contribution >= 4 is 11.6 Å². The number of piperidine rings is 1. The normalized spacial score (nSPS) is 24.1. The first-order chi connectivity index (χ1) is 10.3. The summed E-state index contributed by atoms with van der Waals surface area (Å²) in [5, 5.41) is 3.37. The Kier molecular flexibility index (Phi) is 4.41. The van der Waals surface area contributed by atoms with Crippen molar-refractivity contribution < 1.29 is 14.3 Å². The Morgan fingerprint density at radius 1 is 1.29 bits per heavy atom. The zero-order chi connectivity index (χ0) is 14.7. The van der Waals surface area contributed by atoms with Crippen molar-refractivity contribution in [2.45, 2.75) is 18.9 Å². The molecule has 1 atom stereocenters. The standard InChI is InChI=1S/C16H22N2O3/c1-20-14-5-3-2-4-13(14)18-10-15(21-11-16(18)19)12-6-8-17-9-7-12/h2-5,12,15,17H,6-11H2,1H3. The molecule has 1 unspecified atom stereocenters. The molecule has 0 saturated carbocycles. The van der Waals surface area contributed by atoms with Gasteiger partial charge >= 0.3 is 0 Å². The number of anilines is 1. The Balaban J connectivity index is 1.78. The van der Waals surface area contributed by atoms with E-state index in [1.165, 1.54) is 0 Å². The molecule has 2 saturated heterocycles. The summed E-state index contributed by atoms with van der Waals surface area (Å²) in [5.74, 6) is 1.26. The molecule has 0 aromatic heterocycles. The minimum atomic E-state index is 0.00434. The highest BCUT2D eigenvalue weighted by Gasteiger charge is 2.34. The zero-order valence-electron chi connectivity index (χ0n) is 12.4. The van der Waals surface area contributed by atoms with Gasteiger partial charge < -0.3 is 19.7 Å². The van der Waals surface area contributed by atoms with Crippen molar-refractivity contribution in [2.24, 2.45) is 5.92 Å². The summed E-state index contributed by atoms with van der Waals surface area (Å²) in [5.41, 5.74) is 0.840. The van der Waals surface area contributed by atoms with Crippen molar-refractivity contribution in [1.82, 2.24) is 5.32 Å². The minimum Gasteiger partial charge on any atom is -0.495 e. The summed E-state index contributed by atoms with van der Waals surface area (Å²) >= 11 is 0. The average Bonchev–Trinajstić information content (AvgIpc) is 2.56. The Morgan fingerprint density at radius 3 is 2.81 bits per heavy atom. The maximum atomic E-state index is 12.2. The number of morpholine rings is 1. The lowest BCUT2D eigenvalue weighted by atomic mass is 9.91. The van der Waals surface area contributed by atoms with Crippen LogP contribution in [0.3, 0.4) is 0 Å². The van der Waals surface area contributed by atoms with Gasteiger partial charge in [0.25, 0.3) is 5.91 Å². The van der Waals surface area contributed by atoms with Crippen LogP contribution < -0.4 is 15.0 Å². The lowest BCUT2D eigenvalue weighted by molar-refractivity contribution is -0.131. The Hall–Kier alpha value is -1.59. The van der Waals surface area contributed by atoms with Crippen molar-refractivity contribution in [3.8, 4) is 5.75 Å². The third-order valence-corrected chi connectivity index (χ3v) is 4.37. The van der Waals surface area contributed by atoms with E-state index in [-0.39, 0.29) is 18.6 Å². The molecule has 5 nitrogen and oxygen atoms in total. The van der Waals surface area contributed by atoms with Gasteiger partial charge in [0.05, 0.1) is 25.4 Å². The number of carbonyl (C=O) groups excluding carboxylic acids is 1. The Morgan fingerprint density at radius 2 is 2.05 bits per heavy atom. The molecule has 1 aromatic carbocycles. The highest BCUT2D eigenvalue weighted by atomic mass is 16.5. The fourth-order valence-corrected chi connectivity index (χ4v) is 3.18. The van der Waals surface area contributed by atoms with E-state index in [9.17, 15) is 4.79 Å². The molecule has 5 heteroatoms. The third kappa shape index (κ3) is 3.04. The molecule has 0 bridgehead atoms. The second kappa shape index (κ2) is 6.45. The van der Waals surface area contributed by atoms with E-state index in [2.05, 4.69) is 5.32 Å². The van der Waals surface area contributed by atoms with Crippen LogP contribution in [-0.2, 0) is 9.53 Å². The number of amides is 1. The lowest BCUT2D eigenvalue weighted by Crippen LogP contribution is -2.51. The zero-order valence-corrected chi connectivity index (χ0v) is 12.4. The summed E-state index contributed by atoms with van der Waals surface area (Å²) in [4.78, 5) is 14.0. The van der Waals surface area contributed by atoms with Crippen LogP contribution >= 0.6 is 0 Å². The highest BCUT2D eigenvalue weighted by molar-refractivity contribution is 5.96. The first-order valence-corrected chi connectivity index (χ1v) is 7.55. The number of carbonyl (C=O) groups is 1. The first-order valence-electron chi connectivity index (χ1n) is 7.55. The number of rotatable bonds is 3. The van der Waals surface area contributed by atoms with Gasteiger partial charge in [-0.25, -0.2) is 0 Å². The monoisotopic (exact) mass is 290 g/mol. The molecule has 1 amide bonds. The van der Waals surface area contributed by atoms with Crippen LogP contribution in [0, 0.1) is 5.92 Å². The van der Waals surface area contributed by atoms with Gasteiger partial charge in [-0.3, -0.25) is 4.79 Å². The molecule has 0 spiro atoms. The van der Waals surface area contributed by atoms with Crippen LogP contribution in [0.1, 0.15) is 12.8 Å². The quantitative estimate of drug-likeness (QED) is 0.915. The number of hydrogen-bond acceptors (Lipinski definition) is 4. The van der Waals surface area contributed by atoms with E-state index in [4.69, 9.17) is 9.47 Å². The van der Waals surface area contributed by atoms with E-state index in [1.807, 2.05) is 29.2 Å². The van der Waals surface area contributed by atoms with Gasteiger partial charge in [0.1, 0.15) is 12.4 Å². The molecule has 3 rings (SSSR count). The van der Waals surface area contributed by atoms with Gasteiger partial charge in [-0.15, -0.1) is 0 Å². The number of nitrogens with zero attached hydrogens (tertiary/aromatic N) is 1. The first kappa shape index (κ1) is 14.4. The maximum Gasteiger partial charge on any atom is 0.253 e. The second-order valence-corrected chi connectivity index (χ2v) is 5.61. The predicted octanol–water partition coefficient (Wildman–Crippen LogP) is 1.43. The van der Waals surface area contributed by atoms with Crippen LogP contribution in [0.5, 0.6) is 5.75 Å². The maximum absolute atomic E-state index is 12.2. The van der Waals surface area contributed by atoms with Crippen LogP contribution in [0.4, 0.5) is 5.69 Å². The molecule has 0 aliphatic carbocycles. The van der Waals surface area contributed by atoms with Crippen molar-refractivity contribution in [3.05, 3.63) is 24.3 Å². The topological polar surface area (TPSA) is 50.8 Å². The number of benzene rings is 1. The fourth-order valence-electron chi connectivity index (χ4n) is 3.18. The van der Waals surface area contributed by atoms with Gasteiger partial charge in [0, 0.05) is 0 Å². The average molecular weight is 290 g/mol. The molecule has 2 heterocycles. The highest BCUT2D eigenvalue weighted by Crippen LogP contribution is 2.31. The Bertz CT molecular complexity index is 500. The van der Waals surface area contributed by atoms with E-state index < -0.39 is 0 Å². The van der Waals surface area contributed by atoms with Crippen LogP contribution in [-0.4, -0.2) is 45.4 Å². The number of hydrogen-bond donors (Lipinski definition) is 1. The van der Waals surface area contributed by atoms with E-state index in [1.54, 1.807) is 7.11 Å². The molecule has 1 N–H and O–H groups in total. The van der Waals surface area contributed by atoms with E-state index >= 15 is 0 Å². The predicted molar refractivity (Wildman–Crippen MR) is 80.7 cm³/mol. The van der Waals surface area contributed by atoms with Crippen LogP contribution in [0.2, 0.25) is 0 Å². The van der Waals surface area contributed by atoms with E-state index in [0.29, 0.717) is 12.5 Å². The van der Waals surface area contributed by atoms with Gasteiger partial charge in [0.15, 0.2) is 0 Å². The fraction of sp³-hybridized carbons (Fsp3) is 0.562. The number of nitrogens with one attached hydrogen (secondary N) is 1. The summed E-state index contributed by atoms with van der Waals surface area (Å²) < 4.78 is 11.2. The summed E-state index contributed by atoms with van der Waals surface area (Å²) in [6.45, 7) is 2.84. The Labute approximate surface area is 125 Å². The molecule has 114 valence electrons. The van der Waals surface area contributed by atoms with Gasteiger partial charge in [-0.1, -0.05) is 12.1 Å². The molecular weight excluding hydrogens is 268 g/mol. The molecule has 2 aliphatic heterocycles. The lowest BCUT2D eigenvalue weighted by Gasteiger charge is -2.38. The van der Waals surface area contributed by atoms with Gasteiger partial charge in [-0.2, -0.15) is 0 Å². The smallest absolute Gasteiger partial charge is 0.253 e. The molecule has 21 heavy (non-hydrogen) atoms. The van der Waals surface area contributed by atoms with Crippen molar-refractivity contribution in [2.75, 3.05) is 38.3 Å². The van der Waals surface area contributed by atoms with Crippen molar-refractivity contribution in [3.63, 3.8) is 0 Å². The van der Waals surface area contributed by atoms with E-state index in [0.717, 1.165) is 37.4 Å². The van der Waals surface area contributed by atoms with Gasteiger partial charge in [0.2, 0.25) is 0 Å². The summed E-state index contributed by atoms with van der Waals surface area (Å²) in [6.07, 6.45) is 2.34. The van der Waals surface area contributed by atoms with Crippen LogP contribution in [0.25, 0.3) is 0 Å². The second-order valence-electron chi connectivity index (χ2n) is 5.61. The minimum absolute atomic E-state index is 0.00434. The van der Waals surface area contributed by atoms with Crippen LogP contribution in [0.15, 0.2) is 24.3 Å². The number of methoxy groups -OCH3 is 1. The largest absolute Gasteiger partial charge is 0.495 e. The molecule has 0 radical (unpaired) electrons.